The molecule has 6 heteroatoms. The van der Waals surface area contributed by atoms with E-state index in [0.29, 0.717) is 19.4 Å². The van der Waals surface area contributed by atoms with Gasteiger partial charge < -0.3 is 20.3 Å². The predicted molar refractivity (Wildman–Crippen MR) is 301 cm³/mol. The van der Waals surface area contributed by atoms with Gasteiger partial charge in [-0.3, -0.25) is 9.59 Å². The van der Waals surface area contributed by atoms with E-state index in [-0.39, 0.29) is 18.5 Å². The number of nitrogens with one attached hydrogen (secondary N) is 1. The van der Waals surface area contributed by atoms with Crippen molar-refractivity contribution in [2.75, 3.05) is 13.2 Å². The lowest BCUT2D eigenvalue weighted by molar-refractivity contribution is -0.143. The van der Waals surface area contributed by atoms with Crippen LogP contribution in [0.4, 0.5) is 0 Å². The maximum atomic E-state index is 12.4. The number of allylic oxidation sites excluding steroid dienone is 7. The Morgan fingerprint density at radius 2 is 0.725 bits per heavy atom. The molecule has 2 atom stereocenters. The van der Waals surface area contributed by atoms with Crippen molar-refractivity contribution in [3.8, 4) is 0 Å². The molecule has 0 aliphatic rings. The minimum Gasteiger partial charge on any atom is -0.466 e. The summed E-state index contributed by atoms with van der Waals surface area (Å²) in [5, 5.41) is 23.1. The second-order valence-electron chi connectivity index (χ2n) is 20.7. The van der Waals surface area contributed by atoms with Crippen LogP contribution in [-0.4, -0.2) is 47.4 Å². The van der Waals surface area contributed by atoms with Gasteiger partial charge in [0, 0.05) is 12.8 Å². The summed E-state index contributed by atoms with van der Waals surface area (Å²) in [6.07, 6.45) is 74.2. The molecule has 6 nitrogen and oxygen atoms in total. The highest BCUT2D eigenvalue weighted by molar-refractivity contribution is 5.76. The van der Waals surface area contributed by atoms with Gasteiger partial charge in [-0.15, -0.1) is 0 Å². The molecular weight excluding hydrogens is 851 g/mol. The van der Waals surface area contributed by atoms with Gasteiger partial charge in [-0.25, -0.2) is 0 Å². The molecule has 0 aliphatic heterocycles. The second-order valence-corrected chi connectivity index (χ2v) is 20.7. The van der Waals surface area contributed by atoms with Gasteiger partial charge in [0.1, 0.15) is 0 Å². The van der Waals surface area contributed by atoms with Crippen molar-refractivity contribution in [1.29, 1.82) is 0 Å². The molecule has 0 aliphatic carbocycles. The van der Waals surface area contributed by atoms with Crippen LogP contribution in [0.5, 0.6) is 0 Å². The molecule has 1 amide bonds. The number of hydrogen-bond acceptors (Lipinski definition) is 5. The van der Waals surface area contributed by atoms with Gasteiger partial charge in [-0.1, -0.05) is 262 Å². The van der Waals surface area contributed by atoms with Crippen LogP contribution in [0.3, 0.4) is 0 Å². The average Bonchev–Trinajstić information content (AvgIpc) is 3.35. The van der Waals surface area contributed by atoms with Crippen molar-refractivity contribution in [3.63, 3.8) is 0 Å². The van der Waals surface area contributed by atoms with Crippen LogP contribution < -0.4 is 5.32 Å². The molecule has 69 heavy (non-hydrogen) atoms. The monoisotopic (exact) mass is 968 g/mol. The van der Waals surface area contributed by atoms with E-state index in [0.717, 1.165) is 57.8 Å². The fraction of sp³-hybridized carbons (Fsp3) is 0.841. The quantitative estimate of drug-likeness (QED) is 0.0321. The van der Waals surface area contributed by atoms with E-state index in [1.165, 1.54) is 231 Å². The van der Waals surface area contributed by atoms with Crippen molar-refractivity contribution in [2.45, 2.75) is 328 Å². The Kier molecular flexibility index (Phi) is 56.5. The summed E-state index contributed by atoms with van der Waals surface area (Å²) in [5.74, 6) is -0.0765. The average molecular weight is 969 g/mol. The third-order valence-corrected chi connectivity index (χ3v) is 13.8. The normalized spacial score (nSPS) is 12.9. The number of ether oxygens (including phenoxy) is 1. The van der Waals surface area contributed by atoms with E-state index >= 15 is 0 Å². The minimum atomic E-state index is -0.850. The standard InChI is InChI=1S/C63H117NO5/c1-3-5-7-9-11-13-15-17-19-25-29-33-37-41-45-49-53-57-63(68)69-58-54-50-46-42-38-34-30-27-24-22-20-21-23-26-28-32-36-40-44-48-52-56-62(67)64-60(59-65)61(66)55-51-47-43-39-35-31-18-16-14-12-10-8-6-4-2/h11,13,17,19,21,23,51,55,60-61,65-66H,3-10,12,14-16,18,20,22,24-50,52-54,56-59H2,1-2H3,(H,64,67)/b13-11-,19-17-,23-21-,55-51+. The summed E-state index contributed by atoms with van der Waals surface area (Å²) in [5.41, 5.74) is 0. The van der Waals surface area contributed by atoms with Crippen LogP contribution in [0, 0.1) is 0 Å². The van der Waals surface area contributed by atoms with E-state index in [1.807, 2.05) is 6.08 Å². The van der Waals surface area contributed by atoms with Crippen molar-refractivity contribution in [1.82, 2.24) is 5.32 Å². The second kappa shape index (κ2) is 58.4. The van der Waals surface area contributed by atoms with Crippen molar-refractivity contribution in [2.24, 2.45) is 0 Å². The van der Waals surface area contributed by atoms with Crippen LogP contribution in [0.15, 0.2) is 48.6 Å². The maximum Gasteiger partial charge on any atom is 0.305 e. The van der Waals surface area contributed by atoms with Crippen molar-refractivity contribution >= 4 is 11.9 Å². The summed E-state index contributed by atoms with van der Waals surface area (Å²) < 4.78 is 5.48. The Morgan fingerprint density at radius 3 is 1.14 bits per heavy atom. The molecule has 0 aromatic carbocycles. The molecule has 0 spiro atoms. The third kappa shape index (κ3) is 55.0. The highest BCUT2D eigenvalue weighted by Gasteiger charge is 2.18. The first-order valence-electron chi connectivity index (χ1n) is 30.4. The number of amides is 1. The van der Waals surface area contributed by atoms with Gasteiger partial charge in [-0.2, -0.15) is 0 Å². The number of aliphatic hydroxyl groups is 2. The Hall–Kier alpha value is -2.18. The molecular formula is C63H117NO5. The van der Waals surface area contributed by atoms with E-state index in [2.05, 4.69) is 55.6 Å². The summed E-state index contributed by atoms with van der Waals surface area (Å²) in [4.78, 5) is 24.5. The highest BCUT2D eigenvalue weighted by atomic mass is 16.5. The number of unbranched alkanes of at least 4 members (excludes halogenated alkanes) is 39. The zero-order chi connectivity index (χ0) is 50.0. The van der Waals surface area contributed by atoms with Crippen LogP contribution >= 0.6 is 0 Å². The van der Waals surface area contributed by atoms with E-state index in [1.54, 1.807) is 6.08 Å². The number of rotatable bonds is 56. The number of aliphatic hydroxyl groups excluding tert-OH is 2. The SMILES string of the molecule is CCCCC/C=C\C/C=C\CCCCCCCCCC(=O)OCCCCCCCCCCCC/C=C\CCCCCCCCCC(=O)NC(CO)C(O)/C=C/CCCCCCCCCCCCCC. The topological polar surface area (TPSA) is 95.9 Å². The van der Waals surface area contributed by atoms with E-state index < -0.39 is 12.1 Å². The minimum absolute atomic E-state index is 0.000561. The van der Waals surface area contributed by atoms with Crippen LogP contribution in [0.1, 0.15) is 316 Å². The first-order valence-corrected chi connectivity index (χ1v) is 30.4. The lowest BCUT2D eigenvalue weighted by Crippen LogP contribution is -2.45. The molecule has 0 radical (unpaired) electrons. The largest absolute Gasteiger partial charge is 0.466 e. The van der Waals surface area contributed by atoms with Crippen LogP contribution in [0.2, 0.25) is 0 Å². The fourth-order valence-corrected chi connectivity index (χ4v) is 9.13. The molecule has 0 aromatic heterocycles. The lowest BCUT2D eigenvalue weighted by atomic mass is 10.0. The van der Waals surface area contributed by atoms with Crippen LogP contribution in [0.25, 0.3) is 0 Å². The summed E-state index contributed by atoms with van der Waals surface area (Å²) in [7, 11) is 0. The van der Waals surface area contributed by atoms with E-state index in [4.69, 9.17) is 4.74 Å². The molecule has 0 heterocycles. The summed E-state index contributed by atoms with van der Waals surface area (Å²) >= 11 is 0. The van der Waals surface area contributed by atoms with Gasteiger partial charge in [0.25, 0.3) is 0 Å². The molecule has 0 bridgehead atoms. The third-order valence-electron chi connectivity index (χ3n) is 13.8. The molecule has 0 fully saturated rings. The number of carbonyl (C=O) groups is 2. The number of esters is 1. The van der Waals surface area contributed by atoms with Crippen molar-refractivity contribution in [3.05, 3.63) is 48.6 Å². The maximum absolute atomic E-state index is 12.4. The Balaban J connectivity index is 3.44. The molecule has 3 N–H and O–H groups in total. The number of carbonyl (C=O) groups excluding carboxylic acids is 2. The predicted octanol–water partition coefficient (Wildman–Crippen LogP) is 19.0. The zero-order valence-electron chi connectivity index (χ0n) is 46.0. The summed E-state index contributed by atoms with van der Waals surface area (Å²) in [6.45, 7) is 4.87. The zero-order valence-corrected chi connectivity index (χ0v) is 46.0. The first-order chi connectivity index (χ1) is 34.0. The Bertz CT molecular complexity index is 1160. The molecule has 0 aromatic rings. The lowest BCUT2D eigenvalue weighted by Gasteiger charge is -2.20. The van der Waals surface area contributed by atoms with Gasteiger partial charge >= 0.3 is 5.97 Å². The van der Waals surface area contributed by atoms with Gasteiger partial charge in [0.15, 0.2) is 0 Å². The molecule has 2 unspecified atom stereocenters. The summed E-state index contributed by atoms with van der Waals surface area (Å²) in [6, 6.07) is -0.634. The fourth-order valence-electron chi connectivity index (χ4n) is 9.13. The van der Waals surface area contributed by atoms with E-state index in [9.17, 15) is 19.8 Å². The Labute approximate surface area is 429 Å². The molecule has 0 rings (SSSR count). The van der Waals surface area contributed by atoms with Gasteiger partial charge in [0.05, 0.1) is 25.4 Å². The molecule has 0 saturated heterocycles. The highest BCUT2D eigenvalue weighted by Crippen LogP contribution is 2.16. The van der Waals surface area contributed by atoms with Gasteiger partial charge in [0.2, 0.25) is 5.91 Å². The number of hydrogen-bond donors (Lipinski definition) is 3. The van der Waals surface area contributed by atoms with Gasteiger partial charge in [-0.05, 0) is 89.9 Å². The smallest absolute Gasteiger partial charge is 0.305 e. The Morgan fingerprint density at radius 1 is 0.406 bits per heavy atom. The van der Waals surface area contributed by atoms with Crippen molar-refractivity contribution < 1.29 is 24.5 Å². The molecule has 0 saturated carbocycles. The first kappa shape index (κ1) is 66.8. The molecule has 404 valence electrons. The van der Waals surface area contributed by atoms with Crippen LogP contribution in [-0.2, 0) is 14.3 Å².